The van der Waals surface area contributed by atoms with Gasteiger partial charge in [-0.2, -0.15) is 10.2 Å². The Labute approximate surface area is 102 Å². The van der Waals surface area contributed by atoms with Crippen molar-refractivity contribution in [1.82, 2.24) is 0 Å². The molecular formula is C6H16N9O3+. The van der Waals surface area contributed by atoms with Gasteiger partial charge in [-0.1, -0.05) is 0 Å². The number of rotatable bonds is 3. The largest absolute Gasteiger partial charge is 0.472 e. The number of nitrogens with two attached hydrogens (primary N) is 4. The lowest BCUT2D eigenvalue weighted by Crippen LogP contribution is -2.23. The minimum atomic E-state index is -1.25. The van der Waals surface area contributed by atoms with Crippen LogP contribution in [0.15, 0.2) is 20.4 Å². The van der Waals surface area contributed by atoms with Crippen molar-refractivity contribution in [2.75, 3.05) is 0 Å². The lowest BCUT2D eigenvalue weighted by molar-refractivity contribution is -0.969. The van der Waals surface area contributed by atoms with Gasteiger partial charge in [-0.05, 0) is 13.8 Å². The molecule has 10 N–H and O–H groups in total. The lowest BCUT2D eigenvalue weighted by atomic mass is 10.3. The molecule has 0 aromatic heterocycles. The van der Waals surface area contributed by atoms with Crippen LogP contribution in [0, 0.1) is 4.91 Å². The second-order valence-electron chi connectivity index (χ2n) is 2.67. The maximum absolute atomic E-state index is 8.47. The van der Waals surface area contributed by atoms with E-state index in [9.17, 15) is 0 Å². The predicted octanol–water partition coefficient (Wildman–Crippen LogP) is -2.17. The first kappa shape index (κ1) is 17.5. The van der Waals surface area contributed by atoms with Crippen molar-refractivity contribution in [2.45, 2.75) is 13.8 Å². The van der Waals surface area contributed by atoms with Crippen LogP contribution in [0.5, 0.6) is 0 Å². The van der Waals surface area contributed by atoms with E-state index < -0.39 is 5.09 Å². The van der Waals surface area contributed by atoms with Crippen LogP contribution in [-0.2, 0) is 0 Å². The first-order valence-electron chi connectivity index (χ1n) is 4.28. The average Bonchev–Trinajstić information content (AvgIpc) is 2.21. The van der Waals surface area contributed by atoms with Crippen molar-refractivity contribution in [3.63, 3.8) is 0 Å². The molecule has 12 heteroatoms. The van der Waals surface area contributed by atoms with Crippen LogP contribution in [0.3, 0.4) is 0 Å². The Morgan fingerprint density at radius 1 is 0.833 bits per heavy atom. The molecule has 0 radical (unpaired) electrons. The van der Waals surface area contributed by atoms with E-state index in [1.54, 1.807) is 13.8 Å². The van der Waals surface area contributed by atoms with E-state index in [4.69, 9.17) is 38.3 Å². The maximum Gasteiger partial charge on any atom is 0.472 e. The second-order valence-corrected chi connectivity index (χ2v) is 2.67. The molecule has 0 aliphatic heterocycles. The van der Waals surface area contributed by atoms with Crippen LogP contribution < -0.4 is 22.9 Å². The molecule has 12 nitrogen and oxygen atoms in total. The van der Waals surface area contributed by atoms with Crippen molar-refractivity contribution < 1.29 is 15.5 Å². The van der Waals surface area contributed by atoms with Gasteiger partial charge >= 0.3 is 5.09 Å². The molecule has 0 spiro atoms. The summed E-state index contributed by atoms with van der Waals surface area (Å²) in [4.78, 5) is 8.47. The fourth-order valence-corrected chi connectivity index (χ4v) is 0.410. The van der Waals surface area contributed by atoms with E-state index in [0.29, 0.717) is 11.4 Å². The topological polar surface area (TPSA) is 214 Å². The predicted molar refractivity (Wildman–Crippen MR) is 65.0 cm³/mol. The normalized spacial score (nSPS) is 10.8. The summed E-state index contributed by atoms with van der Waals surface area (Å²) in [5.41, 5.74) is 21.3. The molecule has 0 aromatic carbocycles. The highest BCUT2D eigenvalue weighted by Crippen LogP contribution is 1.86. The van der Waals surface area contributed by atoms with Gasteiger partial charge in [-0.15, -0.1) is 10.2 Å². The van der Waals surface area contributed by atoms with Crippen molar-refractivity contribution in [1.29, 1.82) is 0 Å². The summed E-state index contributed by atoms with van der Waals surface area (Å²) < 4.78 is 0. The third kappa shape index (κ3) is 15.5. The Hall–Kier alpha value is -2.92. The number of hydrogen-bond acceptors (Lipinski definition) is 5. The van der Waals surface area contributed by atoms with Gasteiger partial charge in [-0.25, -0.2) is 10.4 Å². The summed E-state index contributed by atoms with van der Waals surface area (Å²) in [6.45, 7) is 3.35. The van der Waals surface area contributed by atoms with E-state index in [1.807, 2.05) is 0 Å². The molecule has 0 atom stereocenters. The van der Waals surface area contributed by atoms with Crippen molar-refractivity contribution in [2.24, 2.45) is 43.3 Å². The molecule has 0 unspecified atom stereocenters. The molecule has 18 heavy (non-hydrogen) atoms. The molecule has 0 rings (SSSR count). The van der Waals surface area contributed by atoms with Crippen LogP contribution in [-0.4, -0.2) is 38.8 Å². The summed E-state index contributed by atoms with van der Waals surface area (Å²) in [6.07, 6.45) is 0. The summed E-state index contributed by atoms with van der Waals surface area (Å²) in [5.74, 6) is -0.252. The summed E-state index contributed by atoms with van der Waals surface area (Å²) in [6, 6.07) is 0. The van der Waals surface area contributed by atoms with Gasteiger partial charge in [0, 0.05) is 0 Å². The summed E-state index contributed by atoms with van der Waals surface area (Å²) >= 11 is 0. The van der Waals surface area contributed by atoms with Gasteiger partial charge in [0.25, 0.3) is 0 Å². The molecule has 0 aliphatic rings. The molecule has 102 valence electrons. The first-order valence-corrected chi connectivity index (χ1v) is 4.28. The van der Waals surface area contributed by atoms with Gasteiger partial charge in [-0.3, -0.25) is 0 Å². The monoisotopic (exact) mass is 262 g/mol. The third-order valence-electron chi connectivity index (χ3n) is 1.15. The molecule has 0 bridgehead atoms. The standard InChI is InChI=1S/C6H14N8.H2NO3/c1-3(11-13-5(7)8)4(2)12-14-6(9)10;2-1(3)4/h1-2H3,(H4,7,8,13)(H4,9,10,14);(H2,2,3,4)/q;+1/b11-3+,12-4+;. The van der Waals surface area contributed by atoms with Crippen LogP contribution in [0.25, 0.3) is 0 Å². The first-order chi connectivity index (χ1) is 8.16. The Morgan fingerprint density at radius 3 is 1.22 bits per heavy atom. The highest BCUT2D eigenvalue weighted by Gasteiger charge is 1.95. The second kappa shape index (κ2) is 9.32. The fraction of sp³-hybridized carbons (Fsp3) is 0.333. The van der Waals surface area contributed by atoms with Gasteiger partial charge in [0.05, 0.1) is 11.4 Å². The van der Waals surface area contributed by atoms with Gasteiger partial charge in [0.15, 0.2) is 0 Å². The molecular weight excluding hydrogens is 246 g/mol. The number of guanidine groups is 2. The minimum absolute atomic E-state index is 0.126. The van der Waals surface area contributed by atoms with E-state index >= 15 is 0 Å². The van der Waals surface area contributed by atoms with E-state index in [-0.39, 0.29) is 11.9 Å². The Morgan fingerprint density at radius 2 is 1.06 bits per heavy atom. The average molecular weight is 262 g/mol. The summed E-state index contributed by atoms with van der Waals surface area (Å²) in [5, 5.41) is 26.8. The molecule has 0 fully saturated rings. The molecule has 0 amide bonds. The highest BCUT2D eigenvalue weighted by atomic mass is 16.9. The van der Waals surface area contributed by atoms with Gasteiger partial charge < -0.3 is 22.9 Å². The third-order valence-corrected chi connectivity index (χ3v) is 1.15. The molecule has 0 saturated heterocycles. The van der Waals surface area contributed by atoms with Crippen LogP contribution >= 0.6 is 0 Å². The van der Waals surface area contributed by atoms with Crippen molar-refractivity contribution >= 4 is 23.3 Å². The molecule has 0 saturated carbocycles. The Bertz CT molecular complexity index is 353. The van der Waals surface area contributed by atoms with E-state index in [2.05, 4.69) is 20.4 Å². The minimum Gasteiger partial charge on any atom is -0.369 e. The Balaban J connectivity index is 0. The number of nitrogens with zero attached hydrogens (tertiary/aromatic N) is 5. The zero-order chi connectivity index (χ0) is 14.7. The van der Waals surface area contributed by atoms with Gasteiger partial charge in [0.2, 0.25) is 11.9 Å². The maximum atomic E-state index is 8.47. The highest BCUT2D eigenvalue weighted by molar-refractivity contribution is 6.40. The summed E-state index contributed by atoms with van der Waals surface area (Å²) in [7, 11) is 0. The Kier molecular flexibility index (Phi) is 9.04. The van der Waals surface area contributed by atoms with Crippen LogP contribution in [0.4, 0.5) is 0 Å². The van der Waals surface area contributed by atoms with Gasteiger partial charge in [0.1, 0.15) is 4.91 Å². The molecule has 0 heterocycles. The zero-order valence-corrected chi connectivity index (χ0v) is 9.85. The zero-order valence-electron chi connectivity index (χ0n) is 9.85. The lowest BCUT2D eigenvalue weighted by Gasteiger charge is -1.94. The number of hydrogen-bond donors (Lipinski definition) is 6. The van der Waals surface area contributed by atoms with E-state index in [0.717, 1.165) is 0 Å². The SMILES string of the molecule is CC(=N\N=C(N)N)/C(C)=N/N=C(N)N.O=[N+](O)O. The fourth-order valence-electron chi connectivity index (χ4n) is 0.410. The molecule has 0 aliphatic carbocycles. The van der Waals surface area contributed by atoms with E-state index in [1.165, 1.54) is 0 Å². The van der Waals surface area contributed by atoms with Crippen molar-refractivity contribution in [3.05, 3.63) is 4.91 Å². The molecule has 0 aromatic rings. The quantitative estimate of drug-likeness (QED) is 0.188. The van der Waals surface area contributed by atoms with Crippen molar-refractivity contribution in [3.8, 4) is 0 Å². The van der Waals surface area contributed by atoms with Crippen LogP contribution in [0.1, 0.15) is 13.8 Å². The van der Waals surface area contributed by atoms with Crippen LogP contribution in [0.2, 0.25) is 0 Å². The smallest absolute Gasteiger partial charge is 0.369 e.